The highest BCUT2D eigenvalue weighted by molar-refractivity contribution is 7.77. The van der Waals surface area contributed by atoms with E-state index < -0.39 is 11.3 Å². The highest BCUT2D eigenvalue weighted by Crippen LogP contribution is 2.32. The molecule has 26 heavy (non-hydrogen) atoms. The van der Waals surface area contributed by atoms with E-state index in [1.807, 2.05) is 24.3 Å². The van der Waals surface area contributed by atoms with E-state index in [0.717, 1.165) is 23.1 Å². The molecule has 1 N–H and O–H groups in total. The van der Waals surface area contributed by atoms with Crippen LogP contribution in [0.4, 0.5) is 0 Å². The number of nitrogens with zero attached hydrogens (tertiary/aromatic N) is 1. The van der Waals surface area contributed by atoms with Crippen molar-refractivity contribution < 1.29 is 18.2 Å². The molecule has 2 aromatic rings. The Morgan fingerprint density at radius 3 is 2.88 bits per heavy atom. The lowest BCUT2D eigenvalue weighted by Crippen LogP contribution is -2.19. The minimum atomic E-state index is -2.33. The summed E-state index contributed by atoms with van der Waals surface area (Å²) < 4.78 is 36.9. The molecule has 1 aliphatic rings. The number of ether oxygens (including phenoxy) is 2. The SMILES string of the molecule is Cc1cc(-c2cc(CNS(=O)[O-])ccc2OC2CCOC2)cn(C)c1=O. The molecule has 1 aromatic heterocycles. The van der Waals surface area contributed by atoms with E-state index in [0.29, 0.717) is 24.5 Å². The van der Waals surface area contributed by atoms with Gasteiger partial charge in [-0.15, -0.1) is 0 Å². The molecule has 1 aromatic carbocycles. The van der Waals surface area contributed by atoms with Gasteiger partial charge >= 0.3 is 0 Å². The van der Waals surface area contributed by atoms with E-state index in [4.69, 9.17) is 9.47 Å². The summed E-state index contributed by atoms with van der Waals surface area (Å²) in [5, 5.41) is 0. The van der Waals surface area contributed by atoms with Crippen LogP contribution in [-0.2, 0) is 29.6 Å². The van der Waals surface area contributed by atoms with E-state index in [2.05, 4.69) is 4.72 Å². The van der Waals surface area contributed by atoms with E-state index in [1.54, 1.807) is 20.2 Å². The summed E-state index contributed by atoms with van der Waals surface area (Å²) in [6.07, 6.45) is 2.57. The fourth-order valence-corrected chi connectivity index (χ4v) is 3.25. The van der Waals surface area contributed by atoms with Gasteiger partial charge in [0.1, 0.15) is 11.9 Å². The maximum absolute atomic E-state index is 12.0. The van der Waals surface area contributed by atoms with Gasteiger partial charge in [-0.25, -0.2) is 4.72 Å². The topological polar surface area (TPSA) is 92.6 Å². The summed E-state index contributed by atoms with van der Waals surface area (Å²) in [6.45, 7) is 3.17. The molecule has 0 radical (unpaired) electrons. The molecule has 140 valence electrons. The minimum absolute atomic E-state index is 0.0134. The van der Waals surface area contributed by atoms with Crippen LogP contribution in [0.3, 0.4) is 0 Å². The first-order chi connectivity index (χ1) is 12.4. The van der Waals surface area contributed by atoms with Gasteiger partial charge in [0.2, 0.25) is 0 Å². The first-order valence-corrected chi connectivity index (χ1v) is 9.39. The van der Waals surface area contributed by atoms with Crippen LogP contribution in [0.2, 0.25) is 0 Å². The van der Waals surface area contributed by atoms with Crippen molar-refractivity contribution in [1.29, 1.82) is 0 Å². The Morgan fingerprint density at radius 1 is 1.42 bits per heavy atom. The van der Waals surface area contributed by atoms with Gasteiger partial charge in [0.05, 0.1) is 13.2 Å². The Kier molecular flexibility index (Phi) is 5.87. The summed E-state index contributed by atoms with van der Waals surface area (Å²) in [4.78, 5) is 12.0. The smallest absolute Gasteiger partial charge is 0.253 e. The standard InChI is InChI=1S/C18H22N2O5S/c1-12-7-14(10-20(2)18(12)21)16-8-13(9-19-26(22)23)3-4-17(16)25-15-5-6-24-11-15/h3-4,7-8,10,15,19H,5-6,9,11H2,1-2H3,(H,22,23)/p-1. The number of hydrogen-bond donors (Lipinski definition) is 1. The third-order valence-electron chi connectivity index (χ3n) is 4.29. The molecule has 2 unspecified atom stereocenters. The van der Waals surface area contributed by atoms with E-state index >= 15 is 0 Å². The number of aromatic nitrogens is 1. The lowest BCUT2D eigenvalue weighted by molar-refractivity contribution is 0.141. The van der Waals surface area contributed by atoms with Gasteiger partial charge in [-0.2, -0.15) is 0 Å². The zero-order chi connectivity index (χ0) is 18.7. The third kappa shape index (κ3) is 4.39. The second-order valence-corrected chi connectivity index (χ2v) is 7.08. The van der Waals surface area contributed by atoms with Crippen molar-refractivity contribution in [2.24, 2.45) is 7.05 Å². The molecule has 2 heterocycles. The zero-order valence-corrected chi connectivity index (χ0v) is 15.5. The molecule has 1 fully saturated rings. The Labute approximate surface area is 154 Å². The second kappa shape index (κ2) is 8.13. The van der Waals surface area contributed by atoms with Gasteiger partial charge in [-0.1, -0.05) is 6.07 Å². The lowest BCUT2D eigenvalue weighted by Gasteiger charge is -2.18. The third-order valence-corrected chi connectivity index (χ3v) is 4.67. The van der Waals surface area contributed by atoms with Crippen LogP contribution in [0.5, 0.6) is 5.75 Å². The molecule has 2 atom stereocenters. The van der Waals surface area contributed by atoms with Crippen LogP contribution in [0.25, 0.3) is 11.1 Å². The number of benzene rings is 1. The van der Waals surface area contributed by atoms with Gasteiger partial charge in [0.25, 0.3) is 5.56 Å². The number of nitrogens with one attached hydrogen (secondary N) is 1. The van der Waals surface area contributed by atoms with Gasteiger partial charge < -0.3 is 18.6 Å². The van der Waals surface area contributed by atoms with Crippen LogP contribution in [0.1, 0.15) is 17.5 Å². The number of pyridine rings is 1. The van der Waals surface area contributed by atoms with Crippen molar-refractivity contribution >= 4 is 11.3 Å². The lowest BCUT2D eigenvalue weighted by atomic mass is 10.0. The van der Waals surface area contributed by atoms with Crippen molar-refractivity contribution in [3.63, 3.8) is 0 Å². The molecule has 0 aliphatic carbocycles. The molecule has 7 nitrogen and oxygen atoms in total. The minimum Gasteiger partial charge on any atom is -0.760 e. The Morgan fingerprint density at radius 2 is 2.23 bits per heavy atom. The fraction of sp³-hybridized carbons (Fsp3) is 0.389. The highest BCUT2D eigenvalue weighted by Gasteiger charge is 2.19. The summed E-state index contributed by atoms with van der Waals surface area (Å²) in [7, 11) is 1.70. The van der Waals surface area contributed by atoms with E-state index in [-0.39, 0.29) is 18.2 Å². The summed E-state index contributed by atoms with van der Waals surface area (Å²) in [5.41, 5.74) is 3.02. The van der Waals surface area contributed by atoms with E-state index in [9.17, 15) is 13.6 Å². The number of aryl methyl sites for hydroxylation is 2. The zero-order valence-electron chi connectivity index (χ0n) is 14.7. The van der Waals surface area contributed by atoms with Gasteiger partial charge in [0.15, 0.2) is 0 Å². The second-order valence-electron chi connectivity index (χ2n) is 6.32. The van der Waals surface area contributed by atoms with Gasteiger partial charge in [-0.3, -0.25) is 9.00 Å². The molecule has 3 rings (SSSR count). The van der Waals surface area contributed by atoms with Crippen molar-refractivity contribution in [3.05, 3.63) is 51.9 Å². The van der Waals surface area contributed by atoms with Crippen LogP contribution >= 0.6 is 0 Å². The first-order valence-electron chi connectivity index (χ1n) is 8.32. The molecule has 8 heteroatoms. The number of hydrogen-bond acceptors (Lipinski definition) is 5. The van der Waals surface area contributed by atoms with Crippen molar-refractivity contribution in [1.82, 2.24) is 9.29 Å². The average Bonchev–Trinajstić information content (AvgIpc) is 3.11. The summed E-state index contributed by atoms with van der Waals surface area (Å²) >= 11 is -2.33. The predicted octanol–water partition coefficient (Wildman–Crippen LogP) is 1.41. The Bertz CT molecular complexity index is 848. The maximum Gasteiger partial charge on any atom is 0.253 e. The normalized spacial score (nSPS) is 18.0. The van der Waals surface area contributed by atoms with Crippen LogP contribution in [-0.4, -0.2) is 32.6 Å². The molecule has 1 aliphatic heterocycles. The van der Waals surface area contributed by atoms with Crippen molar-refractivity contribution in [2.45, 2.75) is 26.0 Å². The molecule has 0 saturated carbocycles. The number of rotatable bonds is 6. The predicted molar refractivity (Wildman–Crippen MR) is 97.5 cm³/mol. The van der Waals surface area contributed by atoms with Crippen LogP contribution in [0, 0.1) is 6.92 Å². The van der Waals surface area contributed by atoms with E-state index in [1.165, 1.54) is 4.57 Å². The Balaban J connectivity index is 2.01. The summed E-state index contributed by atoms with van der Waals surface area (Å²) in [6, 6.07) is 7.35. The van der Waals surface area contributed by atoms with Crippen molar-refractivity contribution in [3.8, 4) is 16.9 Å². The van der Waals surface area contributed by atoms with Crippen LogP contribution < -0.4 is 15.0 Å². The van der Waals surface area contributed by atoms with Gasteiger partial charge in [0, 0.05) is 54.2 Å². The molecule has 0 spiro atoms. The monoisotopic (exact) mass is 377 g/mol. The molecule has 1 saturated heterocycles. The highest BCUT2D eigenvalue weighted by atomic mass is 32.2. The molecule has 0 amide bonds. The quantitative estimate of drug-likeness (QED) is 0.769. The molecular weight excluding hydrogens is 356 g/mol. The molecule has 0 bridgehead atoms. The van der Waals surface area contributed by atoms with Crippen molar-refractivity contribution in [2.75, 3.05) is 13.2 Å². The van der Waals surface area contributed by atoms with Crippen LogP contribution in [0.15, 0.2) is 35.3 Å². The Hall–Kier alpha value is -2.00. The first kappa shape index (κ1) is 18.8. The van der Waals surface area contributed by atoms with Gasteiger partial charge in [-0.05, 0) is 30.7 Å². The fourth-order valence-electron chi connectivity index (χ4n) is 2.97. The average molecular weight is 377 g/mol. The molecular formula is C18H21N2O5S-. The maximum atomic E-state index is 12.0. The summed E-state index contributed by atoms with van der Waals surface area (Å²) in [5.74, 6) is 0.686. The largest absolute Gasteiger partial charge is 0.760 e.